The molecule has 0 spiro atoms. The zero-order valence-corrected chi connectivity index (χ0v) is 23.3. The fourth-order valence-electron chi connectivity index (χ4n) is 5.53. The topological polar surface area (TPSA) is 56.8 Å². The highest BCUT2D eigenvalue weighted by atomic mass is 32.1. The van der Waals surface area contributed by atoms with E-state index >= 15 is 0 Å². The maximum absolute atomic E-state index is 13.4. The number of fused-ring (bicyclic) bond motifs is 1. The molecule has 0 aliphatic carbocycles. The fraction of sp³-hybridized carbons (Fsp3) is 0.452. The Morgan fingerprint density at radius 1 is 1.13 bits per heavy atom. The van der Waals surface area contributed by atoms with Gasteiger partial charge in [0.25, 0.3) is 5.91 Å². The van der Waals surface area contributed by atoms with Crippen LogP contribution in [-0.4, -0.2) is 65.2 Å². The van der Waals surface area contributed by atoms with Crippen LogP contribution in [0.5, 0.6) is 0 Å². The number of unbranched alkanes of at least 4 members (excludes halogenated alkanes) is 1. The van der Waals surface area contributed by atoms with E-state index in [1.54, 1.807) is 6.20 Å². The zero-order chi connectivity index (χ0) is 26.5. The van der Waals surface area contributed by atoms with Crippen LogP contribution in [0.1, 0.15) is 65.3 Å². The van der Waals surface area contributed by atoms with Gasteiger partial charge in [-0.2, -0.15) is 0 Å². The summed E-state index contributed by atoms with van der Waals surface area (Å²) in [6.07, 6.45) is 6.86. The first-order valence-electron chi connectivity index (χ1n) is 14.0. The van der Waals surface area contributed by atoms with Crippen LogP contribution in [0, 0.1) is 5.92 Å². The third-order valence-corrected chi connectivity index (χ3v) is 8.71. The van der Waals surface area contributed by atoms with E-state index in [1.165, 1.54) is 28.3 Å². The molecule has 2 aliphatic heterocycles. The molecule has 0 saturated carbocycles. The average molecular weight is 531 g/mol. The van der Waals surface area contributed by atoms with Gasteiger partial charge in [-0.05, 0) is 74.7 Å². The quantitative estimate of drug-likeness (QED) is 0.282. The number of amides is 1. The lowest BCUT2D eigenvalue weighted by molar-refractivity contribution is 0.0244. The van der Waals surface area contributed by atoms with Crippen molar-refractivity contribution in [1.82, 2.24) is 14.8 Å². The molecule has 200 valence electrons. The summed E-state index contributed by atoms with van der Waals surface area (Å²) in [5.74, 6) is 0.219. The number of ketones is 1. The number of hydrogen-bond acceptors (Lipinski definition) is 6. The van der Waals surface area contributed by atoms with Crippen molar-refractivity contribution >= 4 is 34.4 Å². The number of nitrogens with zero attached hydrogens (tertiary/aromatic N) is 4. The SMILES string of the molecule is CCCCN(CCC(C)C(=O)c1nccs1)C1CN(C(=O)c2ccc3c(c2)CCCN3c2ccccc2)C1. The number of Topliss-reactive ketones (excluding diaryl/α,β-unsaturated/α-hetero) is 1. The second kappa shape index (κ2) is 12.2. The van der Waals surface area contributed by atoms with Crippen molar-refractivity contribution in [1.29, 1.82) is 0 Å². The summed E-state index contributed by atoms with van der Waals surface area (Å²) in [4.78, 5) is 37.1. The van der Waals surface area contributed by atoms with E-state index < -0.39 is 0 Å². The number of benzene rings is 2. The van der Waals surface area contributed by atoms with Gasteiger partial charge >= 0.3 is 0 Å². The van der Waals surface area contributed by atoms with E-state index in [2.05, 4.69) is 58.1 Å². The number of hydrogen-bond donors (Lipinski definition) is 0. The summed E-state index contributed by atoms with van der Waals surface area (Å²) in [5.41, 5.74) is 4.46. The third kappa shape index (κ3) is 5.84. The normalized spacial score (nSPS) is 16.3. The molecule has 3 aromatic rings. The molecule has 7 heteroatoms. The summed E-state index contributed by atoms with van der Waals surface area (Å²) in [7, 11) is 0. The molecule has 2 aromatic carbocycles. The van der Waals surface area contributed by atoms with Crippen molar-refractivity contribution in [3.8, 4) is 0 Å². The molecular formula is C31H38N4O2S. The smallest absolute Gasteiger partial charge is 0.253 e. The standard InChI is InChI=1S/C31H38N4O2S/c1-3-4-16-33(18-14-23(2)29(36)30-32-15-19-38-30)27-21-34(22-27)31(37)25-12-13-28-24(20-25)9-8-17-35(28)26-10-6-5-7-11-26/h5-7,10-13,15,19-20,23,27H,3-4,8-9,14,16-18,21-22H2,1-2H3. The van der Waals surface area contributed by atoms with Crippen LogP contribution in [0.3, 0.4) is 0 Å². The highest BCUT2D eigenvalue weighted by molar-refractivity contribution is 7.11. The van der Waals surface area contributed by atoms with Gasteiger partial charge in [0.2, 0.25) is 0 Å². The van der Waals surface area contributed by atoms with Gasteiger partial charge in [0.15, 0.2) is 10.8 Å². The number of likely N-dealkylation sites (tertiary alicyclic amines) is 1. The molecule has 1 aromatic heterocycles. The van der Waals surface area contributed by atoms with Gasteiger partial charge in [-0.15, -0.1) is 11.3 Å². The molecule has 38 heavy (non-hydrogen) atoms. The van der Waals surface area contributed by atoms with Gasteiger partial charge < -0.3 is 9.80 Å². The van der Waals surface area contributed by atoms with Crippen LogP contribution >= 0.6 is 11.3 Å². The van der Waals surface area contributed by atoms with Crippen molar-refractivity contribution in [3.05, 3.63) is 76.2 Å². The Hall–Kier alpha value is -3.03. The Labute approximate surface area is 230 Å². The van der Waals surface area contributed by atoms with Crippen LogP contribution in [0.2, 0.25) is 0 Å². The second-order valence-electron chi connectivity index (χ2n) is 10.6. The summed E-state index contributed by atoms with van der Waals surface area (Å²) < 4.78 is 0. The van der Waals surface area contributed by atoms with E-state index in [-0.39, 0.29) is 17.6 Å². The Bertz CT molecular complexity index is 1220. The largest absolute Gasteiger partial charge is 0.341 e. The first-order valence-corrected chi connectivity index (χ1v) is 14.9. The van der Waals surface area contributed by atoms with Crippen molar-refractivity contribution in [2.75, 3.05) is 37.6 Å². The molecule has 0 radical (unpaired) electrons. The molecule has 6 nitrogen and oxygen atoms in total. The van der Waals surface area contributed by atoms with Crippen LogP contribution < -0.4 is 4.90 Å². The maximum Gasteiger partial charge on any atom is 0.253 e. The number of carbonyl (C=O) groups is 2. The van der Waals surface area contributed by atoms with Crippen LogP contribution in [-0.2, 0) is 6.42 Å². The number of anilines is 2. The molecule has 1 saturated heterocycles. The minimum atomic E-state index is -0.0472. The second-order valence-corrected chi connectivity index (χ2v) is 11.5. The van der Waals surface area contributed by atoms with E-state index in [0.717, 1.165) is 70.4 Å². The van der Waals surface area contributed by atoms with Gasteiger partial charge in [0.05, 0.1) is 0 Å². The van der Waals surface area contributed by atoms with Crippen LogP contribution in [0.25, 0.3) is 0 Å². The monoisotopic (exact) mass is 530 g/mol. The lowest BCUT2D eigenvalue weighted by Crippen LogP contribution is -2.61. The average Bonchev–Trinajstić information content (AvgIpc) is 3.47. The summed E-state index contributed by atoms with van der Waals surface area (Å²) in [6, 6.07) is 17.1. The molecule has 1 atom stereocenters. The minimum absolute atomic E-state index is 0.0472. The fourth-order valence-corrected chi connectivity index (χ4v) is 6.22. The molecule has 3 heterocycles. The first kappa shape index (κ1) is 26.6. The van der Waals surface area contributed by atoms with Crippen molar-refractivity contribution < 1.29 is 9.59 Å². The summed E-state index contributed by atoms with van der Waals surface area (Å²) >= 11 is 1.42. The highest BCUT2D eigenvalue weighted by Crippen LogP contribution is 2.34. The van der Waals surface area contributed by atoms with E-state index in [0.29, 0.717) is 11.0 Å². The molecule has 1 unspecified atom stereocenters. The van der Waals surface area contributed by atoms with Gasteiger partial charge in [-0.25, -0.2) is 4.98 Å². The molecule has 0 N–H and O–H groups in total. The van der Waals surface area contributed by atoms with Gasteiger partial charge in [-0.3, -0.25) is 14.5 Å². The third-order valence-electron chi connectivity index (χ3n) is 7.92. The summed E-state index contributed by atoms with van der Waals surface area (Å²) in [6.45, 7) is 8.61. The summed E-state index contributed by atoms with van der Waals surface area (Å²) in [5, 5.41) is 2.46. The Kier molecular flexibility index (Phi) is 8.55. The molecule has 1 amide bonds. The Morgan fingerprint density at radius 3 is 2.68 bits per heavy atom. The minimum Gasteiger partial charge on any atom is -0.341 e. The first-order chi connectivity index (χ1) is 18.5. The maximum atomic E-state index is 13.4. The van der Waals surface area contributed by atoms with E-state index in [1.807, 2.05) is 29.3 Å². The predicted octanol–water partition coefficient (Wildman–Crippen LogP) is 6.06. The highest BCUT2D eigenvalue weighted by Gasteiger charge is 2.35. The number of thiazole rings is 1. The van der Waals surface area contributed by atoms with E-state index in [9.17, 15) is 9.59 Å². The number of carbonyl (C=O) groups excluding carboxylic acids is 2. The molecular weight excluding hydrogens is 492 g/mol. The van der Waals surface area contributed by atoms with Crippen molar-refractivity contribution in [2.45, 2.75) is 52.0 Å². The molecule has 1 fully saturated rings. The van der Waals surface area contributed by atoms with Gasteiger partial charge in [0, 0.05) is 60.1 Å². The number of aromatic nitrogens is 1. The van der Waals surface area contributed by atoms with Gasteiger partial charge in [-0.1, -0.05) is 38.5 Å². The number of aryl methyl sites for hydroxylation is 1. The molecule has 2 aliphatic rings. The Morgan fingerprint density at radius 2 is 1.95 bits per heavy atom. The Balaban J connectivity index is 1.19. The molecule has 0 bridgehead atoms. The predicted molar refractivity (Wildman–Crippen MR) is 155 cm³/mol. The number of para-hydroxylation sites is 1. The molecule has 5 rings (SSSR count). The lowest BCUT2D eigenvalue weighted by atomic mass is 9.96. The van der Waals surface area contributed by atoms with E-state index in [4.69, 9.17) is 0 Å². The van der Waals surface area contributed by atoms with Gasteiger partial charge in [0.1, 0.15) is 0 Å². The van der Waals surface area contributed by atoms with Crippen molar-refractivity contribution in [3.63, 3.8) is 0 Å². The van der Waals surface area contributed by atoms with Crippen LogP contribution in [0.15, 0.2) is 60.1 Å². The zero-order valence-electron chi connectivity index (χ0n) is 22.5. The lowest BCUT2D eigenvalue weighted by Gasteiger charge is -2.46. The van der Waals surface area contributed by atoms with Crippen LogP contribution in [0.4, 0.5) is 11.4 Å². The number of rotatable bonds is 11. The van der Waals surface area contributed by atoms with Crippen molar-refractivity contribution in [2.24, 2.45) is 5.92 Å².